The maximum atomic E-state index is 11.7. The Balaban J connectivity index is 1.58. The number of aryl methyl sites for hydroxylation is 1. The summed E-state index contributed by atoms with van der Waals surface area (Å²) in [5.74, 6) is 0.579. The molecule has 2 amide bonds. The smallest absolute Gasteiger partial charge is 0.276 e. The Morgan fingerprint density at radius 1 is 1.00 bits per heavy atom. The van der Waals surface area contributed by atoms with Gasteiger partial charge in [0.15, 0.2) is 6.61 Å². The Bertz CT molecular complexity index is 738. The Kier molecular flexibility index (Phi) is 7.76. The fourth-order valence-corrected chi connectivity index (χ4v) is 2.32. The fraction of sp³-hybridized carbons (Fsp3) is 0.263. The summed E-state index contributed by atoms with van der Waals surface area (Å²) in [6.45, 7) is 2.04. The molecule has 0 atom stereocenters. The van der Waals surface area contributed by atoms with Crippen molar-refractivity contribution in [1.82, 2.24) is 10.9 Å². The third-order valence-electron chi connectivity index (χ3n) is 3.40. The number of nitrogens with one attached hydrogen (secondary N) is 2. The van der Waals surface area contributed by atoms with Crippen LogP contribution in [0.5, 0.6) is 11.5 Å². The number of hydrazine groups is 1. The highest BCUT2D eigenvalue weighted by Crippen LogP contribution is 2.21. The van der Waals surface area contributed by atoms with E-state index in [2.05, 4.69) is 10.9 Å². The average molecular weight is 377 g/mol. The van der Waals surface area contributed by atoms with Crippen LogP contribution >= 0.6 is 11.6 Å². The van der Waals surface area contributed by atoms with E-state index < -0.39 is 5.91 Å². The first-order valence-corrected chi connectivity index (χ1v) is 8.57. The molecule has 6 nitrogen and oxygen atoms in total. The fourth-order valence-electron chi connectivity index (χ4n) is 2.10. The quantitative estimate of drug-likeness (QED) is 0.548. The summed E-state index contributed by atoms with van der Waals surface area (Å²) in [6, 6.07) is 14.5. The van der Waals surface area contributed by atoms with Gasteiger partial charge in [0.1, 0.15) is 11.5 Å². The molecule has 0 unspecified atom stereocenters. The highest BCUT2D eigenvalue weighted by molar-refractivity contribution is 6.30. The third kappa shape index (κ3) is 7.03. The predicted octanol–water partition coefficient (Wildman–Crippen LogP) is 3.03. The molecular formula is C19H21ClN2O4. The van der Waals surface area contributed by atoms with E-state index in [0.29, 0.717) is 23.8 Å². The van der Waals surface area contributed by atoms with Crippen LogP contribution in [-0.2, 0) is 9.59 Å². The van der Waals surface area contributed by atoms with Crippen LogP contribution in [0.15, 0.2) is 48.5 Å². The van der Waals surface area contributed by atoms with Crippen molar-refractivity contribution >= 4 is 23.4 Å². The van der Waals surface area contributed by atoms with E-state index >= 15 is 0 Å². The number of rotatable bonds is 8. The number of carbonyl (C=O) groups excluding carboxylic acids is 2. The van der Waals surface area contributed by atoms with Crippen molar-refractivity contribution in [2.45, 2.75) is 19.8 Å². The van der Waals surface area contributed by atoms with Crippen molar-refractivity contribution in [1.29, 1.82) is 0 Å². The lowest BCUT2D eigenvalue weighted by molar-refractivity contribution is -0.130. The molecule has 0 aliphatic carbocycles. The highest BCUT2D eigenvalue weighted by atomic mass is 35.5. The molecule has 0 heterocycles. The minimum atomic E-state index is -0.451. The van der Waals surface area contributed by atoms with E-state index in [-0.39, 0.29) is 18.9 Å². The SMILES string of the molecule is Cc1cc(Cl)ccc1OCC(=O)NNC(=O)CCCOc1ccccc1. The van der Waals surface area contributed by atoms with Gasteiger partial charge in [-0.1, -0.05) is 29.8 Å². The number of halogens is 1. The molecule has 0 aliphatic heterocycles. The zero-order valence-corrected chi connectivity index (χ0v) is 15.2. The van der Waals surface area contributed by atoms with Crippen LogP contribution in [-0.4, -0.2) is 25.0 Å². The predicted molar refractivity (Wildman–Crippen MR) is 99.1 cm³/mol. The first kappa shape index (κ1) is 19.6. The van der Waals surface area contributed by atoms with Crippen molar-refractivity contribution in [3.8, 4) is 11.5 Å². The van der Waals surface area contributed by atoms with Gasteiger partial charge >= 0.3 is 0 Å². The van der Waals surface area contributed by atoms with E-state index in [0.717, 1.165) is 11.3 Å². The number of hydrogen-bond acceptors (Lipinski definition) is 4. The van der Waals surface area contributed by atoms with Crippen molar-refractivity contribution in [3.05, 3.63) is 59.1 Å². The first-order valence-electron chi connectivity index (χ1n) is 8.19. The number of para-hydroxylation sites is 1. The second-order valence-electron chi connectivity index (χ2n) is 5.56. The van der Waals surface area contributed by atoms with Crippen molar-refractivity contribution < 1.29 is 19.1 Å². The minimum Gasteiger partial charge on any atom is -0.494 e. The Hall–Kier alpha value is -2.73. The summed E-state index contributed by atoms with van der Waals surface area (Å²) in [4.78, 5) is 23.4. The molecule has 138 valence electrons. The van der Waals surface area contributed by atoms with Crippen LogP contribution in [0.25, 0.3) is 0 Å². The lowest BCUT2D eigenvalue weighted by Gasteiger charge is -2.10. The summed E-state index contributed by atoms with van der Waals surface area (Å²) >= 11 is 5.86. The molecule has 26 heavy (non-hydrogen) atoms. The van der Waals surface area contributed by atoms with Crippen molar-refractivity contribution in [2.75, 3.05) is 13.2 Å². The van der Waals surface area contributed by atoms with Gasteiger partial charge in [-0.3, -0.25) is 20.4 Å². The topological polar surface area (TPSA) is 76.7 Å². The molecule has 2 rings (SSSR count). The summed E-state index contributed by atoms with van der Waals surface area (Å²) < 4.78 is 10.9. The molecule has 0 bridgehead atoms. The van der Waals surface area contributed by atoms with Gasteiger partial charge in [0.2, 0.25) is 5.91 Å². The zero-order valence-electron chi connectivity index (χ0n) is 14.5. The number of carbonyl (C=O) groups is 2. The second-order valence-corrected chi connectivity index (χ2v) is 6.00. The molecule has 0 saturated carbocycles. The Morgan fingerprint density at radius 3 is 2.46 bits per heavy atom. The van der Waals surface area contributed by atoms with Crippen LogP contribution in [0.1, 0.15) is 18.4 Å². The largest absolute Gasteiger partial charge is 0.494 e. The number of hydrogen-bond donors (Lipinski definition) is 2. The monoisotopic (exact) mass is 376 g/mol. The molecule has 0 saturated heterocycles. The van der Waals surface area contributed by atoms with Gasteiger partial charge in [0.25, 0.3) is 5.91 Å². The number of ether oxygens (including phenoxy) is 2. The van der Waals surface area contributed by atoms with Gasteiger partial charge < -0.3 is 9.47 Å². The summed E-state index contributed by atoms with van der Waals surface area (Å²) in [5.41, 5.74) is 5.48. The molecule has 2 aromatic rings. The molecule has 0 aromatic heterocycles. The van der Waals surface area contributed by atoms with Crippen LogP contribution in [0, 0.1) is 6.92 Å². The molecule has 0 aliphatic rings. The molecule has 7 heteroatoms. The molecule has 0 spiro atoms. The second kappa shape index (κ2) is 10.3. The molecule has 0 fully saturated rings. The summed E-state index contributed by atoms with van der Waals surface area (Å²) in [7, 11) is 0. The van der Waals surface area contributed by atoms with Gasteiger partial charge in [-0.05, 0) is 49.2 Å². The van der Waals surface area contributed by atoms with E-state index in [4.69, 9.17) is 21.1 Å². The summed E-state index contributed by atoms with van der Waals surface area (Å²) in [6.07, 6.45) is 0.779. The molecular weight excluding hydrogens is 356 g/mol. The number of benzene rings is 2. The average Bonchev–Trinajstić information content (AvgIpc) is 2.63. The van der Waals surface area contributed by atoms with Gasteiger partial charge in [-0.15, -0.1) is 0 Å². The van der Waals surface area contributed by atoms with Gasteiger partial charge in [0.05, 0.1) is 6.61 Å². The number of amides is 2. The lowest BCUT2D eigenvalue weighted by Crippen LogP contribution is -2.43. The highest BCUT2D eigenvalue weighted by Gasteiger charge is 2.07. The maximum absolute atomic E-state index is 11.7. The van der Waals surface area contributed by atoms with Crippen LogP contribution in [0.2, 0.25) is 5.02 Å². The first-order chi connectivity index (χ1) is 12.5. The third-order valence-corrected chi connectivity index (χ3v) is 3.63. The van der Waals surface area contributed by atoms with Crippen molar-refractivity contribution in [2.24, 2.45) is 0 Å². The molecule has 2 aromatic carbocycles. The maximum Gasteiger partial charge on any atom is 0.276 e. The minimum absolute atomic E-state index is 0.208. The summed E-state index contributed by atoms with van der Waals surface area (Å²) in [5, 5.41) is 0.600. The lowest BCUT2D eigenvalue weighted by atomic mass is 10.2. The van der Waals surface area contributed by atoms with E-state index in [1.807, 2.05) is 37.3 Å². The standard InChI is InChI=1S/C19H21ClN2O4/c1-14-12-15(20)9-10-17(14)26-13-19(24)22-21-18(23)8-5-11-25-16-6-3-2-4-7-16/h2-4,6-7,9-10,12H,5,8,11,13H2,1H3,(H,21,23)(H,22,24). The van der Waals surface area contributed by atoms with E-state index in [1.54, 1.807) is 18.2 Å². The Morgan fingerprint density at radius 2 is 1.73 bits per heavy atom. The van der Waals surface area contributed by atoms with Gasteiger partial charge in [0, 0.05) is 11.4 Å². The van der Waals surface area contributed by atoms with Crippen LogP contribution in [0.3, 0.4) is 0 Å². The Labute approximate surface area is 157 Å². The van der Waals surface area contributed by atoms with E-state index in [9.17, 15) is 9.59 Å². The zero-order chi connectivity index (χ0) is 18.8. The van der Waals surface area contributed by atoms with Gasteiger partial charge in [-0.2, -0.15) is 0 Å². The van der Waals surface area contributed by atoms with Crippen LogP contribution in [0.4, 0.5) is 0 Å². The van der Waals surface area contributed by atoms with Crippen LogP contribution < -0.4 is 20.3 Å². The molecule has 0 radical (unpaired) electrons. The normalized spacial score (nSPS) is 10.1. The van der Waals surface area contributed by atoms with E-state index in [1.165, 1.54) is 0 Å². The molecule has 2 N–H and O–H groups in total. The van der Waals surface area contributed by atoms with Crippen molar-refractivity contribution in [3.63, 3.8) is 0 Å². The van der Waals surface area contributed by atoms with Gasteiger partial charge in [-0.25, -0.2) is 0 Å².